The van der Waals surface area contributed by atoms with Crippen LogP contribution < -0.4 is 5.43 Å². The third-order valence-electron chi connectivity index (χ3n) is 3.89. The molecule has 0 aliphatic heterocycles. The molecule has 0 aromatic heterocycles. The largest absolute Gasteiger partial charge is 0.301 e. The van der Waals surface area contributed by atoms with E-state index in [0.29, 0.717) is 0 Å². The predicted octanol–water partition coefficient (Wildman–Crippen LogP) is 3.66. The third-order valence-corrected chi connectivity index (χ3v) is 3.89. The Morgan fingerprint density at radius 3 is 2.54 bits per heavy atom. The zero-order valence-corrected chi connectivity index (χ0v) is 12.6. The highest BCUT2D eigenvalue weighted by Gasteiger charge is 2.20. The van der Waals surface area contributed by atoms with Crippen LogP contribution in [0.15, 0.2) is 47.6 Å². The topological polar surface area (TPSA) is 111 Å². The molecule has 122 valence electrons. The van der Waals surface area contributed by atoms with Gasteiger partial charge in [-0.25, -0.2) is 0 Å². The smallest absolute Gasteiger partial charge is 0.271 e. The molecule has 24 heavy (non-hydrogen) atoms. The number of hydrogen-bond acceptors (Lipinski definition) is 6. The lowest BCUT2D eigenvalue weighted by Crippen LogP contribution is -2.13. The number of benzene rings is 2. The van der Waals surface area contributed by atoms with Crippen LogP contribution in [0.1, 0.15) is 24.0 Å². The van der Waals surface area contributed by atoms with Crippen LogP contribution in [-0.2, 0) is 6.42 Å². The van der Waals surface area contributed by atoms with Gasteiger partial charge in [0.15, 0.2) is 0 Å². The number of aryl methyl sites for hydroxylation is 1. The van der Waals surface area contributed by atoms with Crippen molar-refractivity contribution in [3.05, 3.63) is 73.8 Å². The molecule has 0 spiro atoms. The second-order valence-corrected chi connectivity index (χ2v) is 5.40. The normalized spacial score (nSPS) is 14.9. The van der Waals surface area contributed by atoms with Crippen LogP contribution in [0.4, 0.5) is 17.1 Å². The summed E-state index contributed by atoms with van der Waals surface area (Å²) in [6, 6.07) is 11.3. The molecule has 2 aromatic rings. The van der Waals surface area contributed by atoms with Gasteiger partial charge in [-0.15, -0.1) is 0 Å². The Bertz CT molecular complexity index is 848. The molecule has 0 radical (unpaired) electrons. The number of fused-ring (bicyclic) bond motifs is 1. The van der Waals surface area contributed by atoms with E-state index >= 15 is 0 Å². The number of nitrogens with zero attached hydrogens (tertiary/aromatic N) is 3. The van der Waals surface area contributed by atoms with Gasteiger partial charge in [-0.05, 0) is 30.9 Å². The molecule has 0 amide bonds. The van der Waals surface area contributed by atoms with E-state index in [2.05, 4.69) is 10.5 Å². The Labute approximate surface area is 137 Å². The Kier molecular flexibility index (Phi) is 4.19. The summed E-state index contributed by atoms with van der Waals surface area (Å²) in [6.45, 7) is 0. The first-order chi connectivity index (χ1) is 11.6. The number of nitro benzene ring substituents is 2. The maximum absolute atomic E-state index is 11.1. The van der Waals surface area contributed by atoms with Gasteiger partial charge in [0, 0.05) is 11.6 Å². The number of anilines is 1. The maximum atomic E-state index is 11.1. The first-order valence-electron chi connectivity index (χ1n) is 7.40. The summed E-state index contributed by atoms with van der Waals surface area (Å²) < 4.78 is 0. The van der Waals surface area contributed by atoms with Crippen molar-refractivity contribution in [1.29, 1.82) is 0 Å². The Balaban J connectivity index is 1.92. The molecule has 8 nitrogen and oxygen atoms in total. The third kappa shape index (κ3) is 3.07. The standard InChI is InChI=1S/C16H14N4O4/c21-19(22)12-8-9-15(16(10-12)20(23)24)18-17-14-7-3-5-11-4-1-2-6-13(11)14/h1-2,4,6,8-10,18H,3,5,7H2. The van der Waals surface area contributed by atoms with Crippen LogP contribution >= 0.6 is 0 Å². The van der Waals surface area contributed by atoms with Crippen LogP contribution in [0.5, 0.6) is 0 Å². The van der Waals surface area contributed by atoms with Crippen molar-refractivity contribution in [3.63, 3.8) is 0 Å². The minimum Gasteiger partial charge on any atom is -0.271 e. The maximum Gasteiger partial charge on any atom is 0.301 e. The van der Waals surface area contributed by atoms with Crippen molar-refractivity contribution in [2.24, 2.45) is 5.10 Å². The average molecular weight is 326 g/mol. The van der Waals surface area contributed by atoms with Crippen molar-refractivity contribution >= 4 is 22.8 Å². The van der Waals surface area contributed by atoms with Gasteiger partial charge < -0.3 is 0 Å². The lowest BCUT2D eigenvalue weighted by molar-refractivity contribution is -0.393. The summed E-state index contributed by atoms with van der Waals surface area (Å²) in [6.07, 6.45) is 2.71. The van der Waals surface area contributed by atoms with Crippen LogP contribution in [0, 0.1) is 20.2 Å². The fourth-order valence-electron chi connectivity index (χ4n) is 2.72. The van der Waals surface area contributed by atoms with E-state index in [9.17, 15) is 20.2 Å². The summed E-state index contributed by atoms with van der Waals surface area (Å²) >= 11 is 0. The van der Waals surface area contributed by atoms with E-state index in [1.165, 1.54) is 17.7 Å². The second kappa shape index (κ2) is 6.45. The zero-order chi connectivity index (χ0) is 17.1. The van der Waals surface area contributed by atoms with Gasteiger partial charge in [-0.1, -0.05) is 24.3 Å². The molecule has 1 aliphatic rings. The summed E-state index contributed by atoms with van der Waals surface area (Å²) in [5.74, 6) is 0. The molecule has 2 aromatic carbocycles. The summed E-state index contributed by atoms with van der Waals surface area (Å²) in [5, 5.41) is 26.2. The SMILES string of the molecule is O=[N+]([O-])c1ccc(NN=C2CCCc3ccccc32)c([N+](=O)[O-])c1. The minimum absolute atomic E-state index is 0.126. The molecule has 0 saturated heterocycles. The van der Waals surface area contributed by atoms with E-state index in [1.54, 1.807) is 0 Å². The van der Waals surface area contributed by atoms with Crippen LogP contribution in [0.25, 0.3) is 0 Å². The molecule has 0 saturated carbocycles. The Morgan fingerprint density at radius 1 is 1.00 bits per heavy atom. The van der Waals surface area contributed by atoms with E-state index in [0.717, 1.165) is 36.6 Å². The van der Waals surface area contributed by atoms with Crippen LogP contribution in [0.2, 0.25) is 0 Å². The highest BCUT2D eigenvalue weighted by Crippen LogP contribution is 2.29. The summed E-state index contributed by atoms with van der Waals surface area (Å²) in [5.41, 5.74) is 5.16. The summed E-state index contributed by atoms with van der Waals surface area (Å²) in [4.78, 5) is 20.6. The number of rotatable bonds is 4. The van der Waals surface area contributed by atoms with Gasteiger partial charge in [0.25, 0.3) is 5.69 Å². The molecule has 0 heterocycles. The molecule has 8 heteroatoms. The lowest BCUT2D eigenvalue weighted by atomic mass is 9.90. The van der Waals surface area contributed by atoms with Crippen molar-refractivity contribution in [1.82, 2.24) is 0 Å². The lowest BCUT2D eigenvalue weighted by Gasteiger charge is -2.17. The molecule has 1 aliphatic carbocycles. The molecule has 0 unspecified atom stereocenters. The molecule has 0 atom stereocenters. The van der Waals surface area contributed by atoms with E-state index in [4.69, 9.17) is 0 Å². The van der Waals surface area contributed by atoms with Crippen molar-refractivity contribution in [2.45, 2.75) is 19.3 Å². The number of nitrogens with one attached hydrogen (secondary N) is 1. The predicted molar refractivity (Wildman–Crippen MR) is 89.3 cm³/mol. The number of hydrogen-bond donors (Lipinski definition) is 1. The minimum atomic E-state index is -0.667. The molecule has 0 fully saturated rings. The van der Waals surface area contributed by atoms with Gasteiger partial charge in [0.2, 0.25) is 0 Å². The first-order valence-corrected chi connectivity index (χ1v) is 7.40. The van der Waals surface area contributed by atoms with Gasteiger partial charge in [-0.3, -0.25) is 25.7 Å². The molecule has 0 bridgehead atoms. The van der Waals surface area contributed by atoms with Gasteiger partial charge >= 0.3 is 5.69 Å². The van der Waals surface area contributed by atoms with Crippen molar-refractivity contribution in [3.8, 4) is 0 Å². The zero-order valence-electron chi connectivity index (χ0n) is 12.6. The fourth-order valence-corrected chi connectivity index (χ4v) is 2.72. The Hall–Kier alpha value is -3.29. The quantitative estimate of drug-likeness (QED) is 0.681. The number of nitro groups is 2. The van der Waals surface area contributed by atoms with Crippen molar-refractivity contribution in [2.75, 3.05) is 5.43 Å². The molecule has 1 N–H and O–H groups in total. The van der Waals surface area contributed by atoms with E-state index < -0.39 is 9.85 Å². The first kappa shape index (κ1) is 15.6. The van der Waals surface area contributed by atoms with Gasteiger partial charge in [0.1, 0.15) is 5.69 Å². The van der Waals surface area contributed by atoms with E-state index in [-0.39, 0.29) is 17.1 Å². The van der Waals surface area contributed by atoms with Crippen LogP contribution in [0.3, 0.4) is 0 Å². The molecule has 3 rings (SSSR count). The Morgan fingerprint density at radius 2 is 1.79 bits per heavy atom. The number of hydrazone groups is 1. The summed E-state index contributed by atoms with van der Waals surface area (Å²) in [7, 11) is 0. The van der Waals surface area contributed by atoms with E-state index in [1.807, 2.05) is 24.3 Å². The highest BCUT2D eigenvalue weighted by atomic mass is 16.6. The average Bonchev–Trinajstić information content (AvgIpc) is 2.59. The second-order valence-electron chi connectivity index (χ2n) is 5.40. The van der Waals surface area contributed by atoms with Gasteiger partial charge in [-0.2, -0.15) is 5.10 Å². The highest BCUT2D eigenvalue weighted by molar-refractivity contribution is 6.03. The number of non-ortho nitro benzene ring substituents is 1. The molecular weight excluding hydrogens is 312 g/mol. The van der Waals surface area contributed by atoms with Crippen molar-refractivity contribution < 1.29 is 9.85 Å². The van der Waals surface area contributed by atoms with Crippen LogP contribution in [-0.4, -0.2) is 15.6 Å². The molecular formula is C16H14N4O4. The fraction of sp³-hybridized carbons (Fsp3) is 0.188. The van der Waals surface area contributed by atoms with Gasteiger partial charge in [0.05, 0.1) is 21.6 Å². The monoisotopic (exact) mass is 326 g/mol.